The van der Waals surface area contributed by atoms with Gasteiger partial charge in [-0.05, 0) is 30.0 Å². The second-order valence-electron chi connectivity index (χ2n) is 7.19. The molecule has 144 valence electrons. The van der Waals surface area contributed by atoms with Crippen LogP contribution in [0.5, 0.6) is 0 Å². The first-order valence-corrected chi connectivity index (χ1v) is 9.15. The molecular formula is C22H21NO5. The fourth-order valence-corrected chi connectivity index (χ4v) is 4.71. The average Bonchev–Trinajstić information content (AvgIpc) is 2.98. The van der Waals surface area contributed by atoms with Gasteiger partial charge in [0.1, 0.15) is 5.41 Å². The van der Waals surface area contributed by atoms with Gasteiger partial charge in [-0.15, -0.1) is 0 Å². The van der Waals surface area contributed by atoms with Crippen molar-refractivity contribution in [1.29, 1.82) is 0 Å². The van der Waals surface area contributed by atoms with Crippen LogP contribution in [0.4, 0.5) is 5.69 Å². The van der Waals surface area contributed by atoms with E-state index in [0.717, 1.165) is 5.56 Å². The van der Waals surface area contributed by atoms with Crippen LogP contribution in [-0.2, 0) is 35.8 Å². The lowest BCUT2D eigenvalue weighted by Crippen LogP contribution is -2.67. The minimum atomic E-state index is -1.66. The molecule has 1 heterocycles. The normalized spacial score (nSPS) is 21.8. The highest BCUT2D eigenvalue weighted by Gasteiger charge is 2.77. The summed E-state index contributed by atoms with van der Waals surface area (Å²) in [4.78, 5) is 41.0. The molecule has 1 aliphatic carbocycles. The Morgan fingerprint density at radius 3 is 2.11 bits per heavy atom. The molecule has 2 aliphatic rings. The van der Waals surface area contributed by atoms with Crippen molar-refractivity contribution in [3.05, 3.63) is 65.7 Å². The predicted octanol–water partition coefficient (Wildman–Crippen LogP) is 2.60. The van der Waals surface area contributed by atoms with Gasteiger partial charge in [-0.1, -0.05) is 48.5 Å². The molecule has 6 heteroatoms. The lowest BCUT2D eigenvalue weighted by Gasteiger charge is -2.51. The molecule has 0 saturated heterocycles. The van der Waals surface area contributed by atoms with Gasteiger partial charge in [-0.2, -0.15) is 0 Å². The summed E-state index contributed by atoms with van der Waals surface area (Å²) in [7, 11) is 2.46. The zero-order valence-corrected chi connectivity index (χ0v) is 15.8. The van der Waals surface area contributed by atoms with E-state index in [1.807, 2.05) is 54.6 Å². The number of carbonyl (C=O) groups excluding carboxylic acids is 3. The number of hydrogen-bond acceptors (Lipinski definition) is 5. The Morgan fingerprint density at radius 1 is 0.929 bits per heavy atom. The van der Waals surface area contributed by atoms with Gasteiger partial charge in [-0.3, -0.25) is 14.4 Å². The molecule has 2 aromatic rings. The smallest absolute Gasteiger partial charge is 0.324 e. The second kappa shape index (κ2) is 6.48. The van der Waals surface area contributed by atoms with Gasteiger partial charge < -0.3 is 14.4 Å². The van der Waals surface area contributed by atoms with Crippen molar-refractivity contribution < 1.29 is 23.9 Å². The van der Waals surface area contributed by atoms with E-state index in [1.54, 1.807) is 4.90 Å². The Kier molecular flexibility index (Phi) is 4.22. The summed E-state index contributed by atoms with van der Waals surface area (Å²) in [6.07, 6.45) is 0.601. The first-order valence-electron chi connectivity index (χ1n) is 9.15. The molecule has 1 spiro atoms. The van der Waals surface area contributed by atoms with Crippen molar-refractivity contribution >= 4 is 23.5 Å². The third kappa shape index (κ3) is 2.11. The van der Waals surface area contributed by atoms with Crippen molar-refractivity contribution in [3.63, 3.8) is 0 Å². The average molecular weight is 379 g/mol. The number of carbonyl (C=O) groups is 3. The number of amides is 1. The van der Waals surface area contributed by atoms with Crippen LogP contribution in [0.2, 0.25) is 0 Å². The number of anilines is 1. The number of esters is 2. The first kappa shape index (κ1) is 18.2. The number of fused-ring (bicyclic) bond motifs is 2. The number of hydrogen-bond donors (Lipinski definition) is 0. The van der Waals surface area contributed by atoms with Crippen LogP contribution in [0.3, 0.4) is 0 Å². The van der Waals surface area contributed by atoms with Crippen molar-refractivity contribution in [1.82, 2.24) is 0 Å². The van der Waals surface area contributed by atoms with Gasteiger partial charge in [0.2, 0.25) is 5.91 Å². The Labute approximate surface area is 163 Å². The predicted molar refractivity (Wildman–Crippen MR) is 101 cm³/mol. The van der Waals surface area contributed by atoms with E-state index in [2.05, 4.69) is 0 Å². The van der Waals surface area contributed by atoms with Crippen LogP contribution in [0.25, 0.3) is 0 Å². The maximum absolute atomic E-state index is 13.7. The van der Waals surface area contributed by atoms with Gasteiger partial charge in [-0.25, -0.2) is 0 Å². The second-order valence-corrected chi connectivity index (χ2v) is 7.19. The highest BCUT2D eigenvalue weighted by atomic mass is 16.5. The Balaban J connectivity index is 1.87. The summed E-state index contributed by atoms with van der Waals surface area (Å²) < 4.78 is 9.95. The monoisotopic (exact) mass is 379 g/mol. The molecule has 2 aromatic carbocycles. The van der Waals surface area contributed by atoms with Crippen molar-refractivity contribution in [3.8, 4) is 0 Å². The fourth-order valence-electron chi connectivity index (χ4n) is 4.71. The number of para-hydroxylation sites is 1. The van der Waals surface area contributed by atoms with E-state index in [-0.39, 0.29) is 12.3 Å². The lowest BCUT2D eigenvalue weighted by atomic mass is 9.47. The molecule has 0 bridgehead atoms. The summed E-state index contributed by atoms with van der Waals surface area (Å²) in [5, 5.41) is 0. The summed E-state index contributed by atoms with van der Waals surface area (Å²) in [6, 6.07) is 16.9. The molecule has 1 saturated carbocycles. The number of rotatable bonds is 4. The van der Waals surface area contributed by atoms with Crippen LogP contribution in [0.15, 0.2) is 54.6 Å². The molecule has 1 aliphatic heterocycles. The highest BCUT2D eigenvalue weighted by molar-refractivity contribution is 6.18. The highest BCUT2D eigenvalue weighted by Crippen LogP contribution is 2.64. The lowest BCUT2D eigenvalue weighted by molar-refractivity contribution is -0.189. The van der Waals surface area contributed by atoms with E-state index in [9.17, 15) is 14.4 Å². The summed E-state index contributed by atoms with van der Waals surface area (Å²) >= 11 is 0. The largest absolute Gasteiger partial charge is 0.468 e. The number of methoxy groups -OCH3 is 2. The number of nitrogens with zero attached hydrogens (tertiary/aromatic N) is 1. The molecule has 0 unspecified atom stereocenters. The standard InChI is InChI=1S/C22H21NO5/c1-27-19(25)22(20(26)28-2)13-12-21(22)16-10-6-7-11-17(16)23(18(21)24)14-15-8-4-3-5-9-15/h3-11H,12-14H2,1-2H3/t21-/m1/s1. The van der Waals surface area contributed by atoms with Crippen molar-refractivity contribution in [2.45, 2.75) is 24.8 Å². The molecule has 0 aromatic heterocycles. The first-order chi connectivity index (χ1) is 13.5. The molecule has 1 fully saturated rings. The molecule has 0 N–H and O–H groups in total. The summed E-state index contributed by atoms with van der Waals surface area (Å²) in [5.41, 5.74) is -0.594. The van der Waals surface area contributed by atoms with Crippen LogP contribution < -0.4 is 4.90 Å². The van der Waals surface area contributed by atoms with E-state index < -0.39 is 22.8 Å². The molecular weight excluding hydrogens is 358 g/mol. The quantitative estimate of drug-likeness (QED) is 0.603. The van der Waals surface area contributed by atoms with Gasteiger partial charge in [0, 0.05) is 5.69 Å². The summed E-state index contributed by atoms with van der Waals surface area (Å²) in [5.74, 6) is -1.72. The summed E-state index contributed by atoms with van der Waals surface area (Å²) in [6.45, 7) is 0.358. The number of ether oxygens (including phenoxy) is 2. The minimum Gasteiger partial charge on any atom is -0.468 e. The zero-order chi connectivity index (χ0) is 19.9. The van der Waals surface area contributed by atoms with Gasteiger partial charge in [0.15, 0.2) is 5.41 Å². The van der Waals surface area contributed by atoms with Crippen molar-refractivity contribution in [2.24, 2.45) is 5.41 Å². The van der Waals surface area contributed by atoms with Gasteiger partial charge in [0.25, 0.3) is 0 Å². The van der Waals surface area contributed by atoms with Crippen LogP contribution >= 0.6 is 0 Å². The molecule has 1 atom stereocenters. The topological polar surface area (TPSA) is 72.9 Å². The molecule has 28 heavy (non-hydrogen) atoms. The number of benzene rings is 2. The van der Waals surface area contributed by atoms with Gasteiger partial charge >= 0.3 is 11.9 Å². The van der Waals surface area contributed by atoms with E-state index in [4.69, 9.17) is 9.47 Å². The van der Waals surface area contributed by atoms with Crippen LogP contribution in [-0.4, -0.2) is 32.1 Å². The van der Waals surface area contributed by atoms with Crippen molar-refractivity contribution in [2.75, 3.05) is 19.1 Å². The van der Waals surface area contributed by atoms with Gasteiger partial charge in [0.05, 0.1) is 20.8 Å². The van der Waals surface area contributed by atoms with Crippen LogP contribution in [0.1, 0.15) is 24.0 Å². The minimum absolute atomic E-state index is 0.214. The maximum Gasteiger partial charge on any atom is 0.324 e. The maximum atomic E-state index is 13.7. The zero-order valence-electron chi connectivity index (χ0n) is 15.8. The third-order valence-electron chi connectivity index (χ3n) is 6.12. The fraction of sp³-hybridized carbons (Fsp3) is 0.318. The molecule has 1 amide bonds. The Bertz CT molecular complexity index is 938. The van der Waals surface area contributed by atoms with E-state index in [1.165, 1.54) is 14.2 Å². The van der Waals surface area contributed by atoms with Crippen LogP contribution in [0, 0.1) is 5.41 Å². The third-order valence-corrected chi connectivity index (χ3v) is 6.12. The molecule has 6 nitrogen and oxygen atoms in total. The Morgan fingerprint density at radius 2 is 1.54 bits per heavy atom. The molecule has 0 radical (unpaired) electrons. The van der Waals surface area contributed by atoms with E-state index >= 15 is 0 Å². The van der Waals surface area contributed by atoms with E-state index in [0.29, 0.717) is 24.2 Å². The Hall–Kier alpha value is -3.15. The SMILES string of the molecule is COC(=O)C1(C(=O)OC)CC[C@@]12C(=O)N(Cc1ccccc1)c1ccccc12. The molecule has 4 rings (SSSR count).